The van der Waals surface area contributed by atoms with Gasteiger partial charge in [-0.3, -0.25) is 0 Å². The molecule has 0 fully saturated rings. The Morgan fingerprint density at radius 3 is 2.64 bits per heavy atom. The highest BCUT2D eigenvalue weighted by molar-refractivity contribution is 6.30. The first-order valence-corrected chi connectivity index (χ1v) is 3.73. The third-order valence-electron chi connectivity index (χ3n) is 1.48. The number of halogens is 1. The molecule has 1 rings (SSSR count). The normalized spacial score (nSPS) is 13.0. The monoisotopic (exact) mass is 171 g/mol. The van der Waals surface area contributed by atoms with Gasteiger partial charge in [0, 0.05) is 16.6 Å². The van der Waals surface area contributed by atoms with Gasteiger partial charge >= 0.3 is 0 Å². The highest BCUT2D eigenvalue weighted by Crippen LogP contribution is 2.25. The SMILES string of the molecule is C[C@@H](N)c1ccc(Cl)cc1O. The van der Waals surface area contributed by atoms with Gasteiger partial charge in [0.15, 0.2) is 0 Å². The summed E-state index contributed by atoms with van der Waals surface area (Å²) in [7, 11) is 0. The van der Waals surface area contributed by atoms with Gasteiger partial charge in [-0.1, -0.05) is 17.7 Å². The van der Waals surface area contributed by atoms with Crippen molar-refractivity contribution < 1.29 is 5.11 Å². The van der Waals surface area contributed by atoms with E-state index < -0.39 is 0 Å². The third kappa shape index (κ3) is 1.85. The first-order valence-electron chi connectivity index (χ1n) is 3.35. The molecule has 60 valence electrons. The molecule has 0 aliphatic carbocycles. The molecule has 2 nitrogen and oxygen atoms in total. The largest absolute Gasteiger partial charge is 0.508 e. The number of phenols is 1. The standard InChI is InChI=1S/C8H10ClNO/c1-5(10)7-3-2-6(9)4-8(7)11/h2-5,11H,10H2,1H3/t5-/m1/s1. The number of hydrogen-bond acceptors (Lipinski definition) is 2. The summed E-state index contributed by atoms with van der Waals surface area (Å²) in [5, 5.41) is 9.82. The van der Waals surface area contributed by atoms with Crippen LogP contribution in [0.3, 0.4) is 0 Å². The fourth-order valence-electron chi connectivity index (χ4n) is 0.902. The van der Waals surface area contributed by atoms with E-state index >= 15 is 0 Å². The lowest BCUT2D eigenvalue weighted by atomic mass is 10.1. The van der Waals surface area contributed by atoms with Crippen LogP contribution in [-0.2, 0) is 0 Å². The molecule has 0 heterocycles. The van der Waals surface area contributed by atoms with Crippen molar-refractivity contribution in [2.75, 3.05) is 0 Å². The van der Waals surface area contributed by atoms with Crippen LogP contribution in [0.2, 0.25) is 5.02 Å². The Hall–Kier alpha value is -0.730. The number of hydrogen-bond donors (Lipinski definition) is 2. The lowest BCUT2D eigenvalue weighted by molar-refractivity contribution is 0.464. The van der Waals surface area contributed by atoms with Crippen molar-refractivity contribution in [3.05, 3.63) is 28.8 Å². The van der Waals surface area contributed by atoms with Gasteiger partial charge in [-0.15, -0.1) is 0 Å². The predicted molar refractivity (Wildman–Crippen MR) is 45.7 cm³/mol. The minimum absolute atomic E-state index is 0.160. The molecule has 0 unspecified atom stereocenters. The van der Waals surface area contributed by atoms with Crippen LogP contribution in [0, 0.1) is 0 Å². The van der Waals surface area contributed by atoms with Crippen LogP contribution >= 0.6 is 11.6 Å². The van der Waals surface area contributed by atoms with Crippen LogP contribution in [0.15, 0.2) is 18.2 Å². The van der Waals surface area contributed by atoms with Gasteiger partial charge in [-0.05, 0) is 19.1 Å². The second kappa shape index (κ2) is 3.11. The van der Waals surface area contributed by atoms with Crippen molar-refractivity contribution in [3.63, 3.8) is 0 Å². The van der Waals surface area contributed by atoms with E-state index in [1.165, 1.54) is 6.07 Å². The Labute approximate surface area is 70.6 Å². The van der Waals surface area contributed by atoms with Crippen LogP contribution in [0.5, 0.6) is 5.75 Å². The first kappa shape index (κ1) is 8.37. The molecule has 1 aromatic carbocycles. The average Bonchev–Trinajstić information content (AvgIpc) is 1.85. The summed E-state index contributed by atoms with van der Waals surface area (Å²) >= 11 is 5.62. The van der Waals surface area contributed by atoms with E-state index in [-0.39, 0.29) is 11.8 Å². The minimum Gasteiger partial charge on any atom is -0.508 e. The van der Waals surface area contributed by atoms with Crippen LogP contribution in [0.1, 0.15) is 18.5 Å². The van der Waals surface area contributed by atoms with E-state index in [9.17, 15) is 5.11 Å². The molecule has 0 saturated heterocycles. The fraction of sp³-hybridized carbons (Fsp3) is 0.250. The molecule has 0 saturated carbocycles. The van der Waals surface area contributed by atoms with Gasteiger partial charge in [0.2, 0.25) is 0 Å². The highest BCUT2D eigenvalue weighted by atomic mass is 35.5. The Morgan fingerprint density at radius 1 is 1.55 bits per heavy atom. The Kier molecular flexibility index (Phi) is 2.37. The summed E-state index contributed by atoms with van der Waals surface area (Å²) in [6.45, 7) is 1.81. The zero-order valence-electron chi connectivity index (χ0n) is 6.21. The third-order valence-corrected chi connectivity index (χ3v) is 1.72. The Morgan fingerprint density at radius 2 is 2.18 bits per heavy atom. The molecule has 0 radical (unpaired) electrons. The van der Waals surface area contributed by atoms with E-state index in [0.717, 1.165) is 5.56 Å². The van der Waals surface area contributed by atoms with Crippen LogP contribution in [-0.4, -0.2) is 5.11 Å². The topological polar surface area (TPSA) is 46.2 Å². The molecule has 0 aliphatic rings. The van der Waals surface area contributed by atoms with Crippen molar-refractivity contribution in [1.82, 2.24) is 0 Å². The molecule has 0 aromatic heterocycles. The maximum absolute atomic E-state index is 9.30. The van der Waals surface area contributed by atoms with Crippen molar-refractivity contribution in [1.29, 1.82) is 0 Å². The molecule has 0 aliphatic heterocycles. The maximum atomic E-state index is 9.30. The smallest absolute Gasteiger partial charge is 0.121 e. The molecule has 11 heavy (non-hydrogen) atoms. The number of nitrogens with two attached hydrogens (primary N) is 1. The number of phenolic OH excluding ortho intramolecular Hbond substituents is 1. The molecule has 1 aromatic rings. The molecular weight excluding hydrogens is 162 g/mol. The number of rotatable bonds is 1. The summed E-state index contributed by atoms with van der Waals surface area (Å²) in [6.07, 6.45) is 0. The Balaban J connectivity index is 3.09. The van der Waals surface area contributed by atoms with Crippen LogP contribution in [0.4, 0.5) is 0 Å². The maximum Gasteiger partial charge on any atom is 0.121 e. The van der Waals surface area contributed by atoms with Crippen LogP contribution < -0.4 is 5.73 Å². The molecular formula is C8H10ClNO. The van der Waals surface area contributed by atoms with Gasteiger partial charge in [0.25, 0.3) is 0 Å². The highest BCUT2D eigenvalue weighted by Gasteiger charge is 2.04. The van der Waals surface area contributed by atoms with E-state index in [2.05, 4.69) is 0 Å². The second-order valence-electron chi connectivity index (χ2n) is 2.49. The fourth-order valence-corrected chi connectivity index (χ4v) is 1.07. The summed E-state index contributed by atoms with van der Waals surface area (Å²) in [5.41, 5.74) is 6.28. The van der Waals surface area contributed by atoms with Crippen LogP contribution in [0.25, 0.3) is 0 Å². The van der Waals surface area contributed by atoms with Gasteiger partial charge in [0.1, 0.15) is 5.75 Å². The molecule has 0 amide bonds. The quantitative estimate of drug-likeness (QED) is 0.680. The van der Waals surface area contributed by atoms with Crippen molar-refractivity contribution >= 4 is 11.6 Å². The van der Waals surface area contributed by atoms with Crippen molar-refractivity contribution in [3.8, 4) is 5.75 Å². The molecule has 3 heteroatoms. The molecule has 0 spiro atoms. The van der Waals surface area contributed by atoms with E-state index in [4.69, 9.17) is 17.3 Å². The first-order chi connectivity index (χ1) is 5.11. The van der Waals surface area contributed by atoms with Gasteiger partial charge < -0.3 is 10.8 Å². The zero-order chi connectivity index (χ0) is 8.43. The number of benzene rings is 1. The predicted octanol–water partition coefficient (Wildman–Crippen LogP) is 2.07. The summed E-state index contributed by atoms with van der Waals surface area (Å²) in [4.78, 5) is 0. The number of aromatic hydroxyl groups is 1. The average molecular weight is 172 g/mol. The minimum atomic E-state index is -0.160. The second-order valence-corrected chi connectivity index (χ2v) is 2.93. The van der Waals surface area contributed by atoms with Gasteiger partial charge in [0.05, 0.1) is 0 Å². The lowest BCUT2D eigenvalue weighted by Gasteiger charge is -2.07. The summed E-state index contributed by atoms with van der Waals surface area (Å²) in [5.74, 6) is 0.160. The molecule has 1 atom stereocenters. The Bertz CT molecular complexity index is 260. The summed E-state index contributed by atoms with van der Waals surface area (Å²) in [6, 6.07) is 4.76. The van der Waals surface area contributed by atoms with E-state index in [0.29, 0.717) is 5.02 Å². The molecule has 0 bridgehead atoms. The van der Waals surface area contributed by atoms with Crippen molar-refractivity contribution in [2.24, 2.45) is 5.73 Å². The van der Waals surface area contributed by atoms with E-state index in [1.807, 2.05) is 6.92 Å². The lowest BCUT2D eigenvalue weighted by Crippen LogP contribution is -2.04. The van der Waals surface area contributed by atoms with Gasteiger partial charge in [-0.2, -0.15) is 0 Å². The van der Waals surface area contributed by atoms with E-state index in [1.54, 1.807) is 12.1 Å². The van der Waals surface area contributed by atoms with Gasteiger partial charge in [-0.25, -0.2) is 0 Å². The summed E-state index contributed by atoms with van der Waals surface area (Å²) < 4.78 is 0. The van der Waals surface area contributed by atoms with Crippen molar-refractivity contribution in [2.45, 2.75) is 13.0 Å². The molecule has 3 N–H and O–H groups in total. The zero-order valence-corrected chi connectivity index (χ0v) is 6.97.